The Morgan fingerprint density at radius 1 is 1.61 bits per heavy atom. The number of nitrogens with zero attached hydrogens (tertiary/aromatic N) is 1. The first kappa shape index (κ1) is 15.0. The Morgan fingerprint density at radius 2 is 2.28 bits per heavy atom. The van der Waals surface area contributed by atoms with E-state index in [1.54, 1.807) is 7.05 Å². The number of carbonyl (C=O) groups excluding carboxylic acids is 3. The number of rotatable bonds is 7. The summed E-state index contributed by atoms with van der Waals surface area (Å²) in [5.41, 5.74) is 5.19. The van der Waals surface area contributed by atoms with E-state index < -0.39 is 11.9 Å². The van der Waals surface area contributed by atoms with E-state index in [2.05, 4.69) is 5.32 Å². The molecule has 3 N–H and O–H groups in total. The minimum atomic E-state index is -0.474. The van der Waals surface area contributed by atoms with E-state index in [-0.39, 0.29) is 23.5 Å². The quantitative estimate of drug-likeness (QED) is 0.600. The van der Waals surface area contributed by atoms with Gasteiger partial charge in [-0.25, -0.2) is 0 Å². The highest BCUT2D eigenvalue weighted by molar-refractivity contribution is 8.00. The maximum absolute atomic E-state index is 11.9. The number of likely N-dealkylation sites (tertiary alicyclic amines) is 1. The molecular formula is C11H19N3O3S. The van der Waals surface area contributed by atoms with Crippen molar-refractivity contribution in [3.8, 4) is 0 Å². The van der Waals surface area contributed by atoms with Crippen LogP contribution in [-0.2, 0) is 14.4 Å². The van der Waals surface area contributed by atoms with E-state index in [1.807, 2.05) is 6.92 Å². The van der Waals surface area contributed by atoms with Gasteiger partial charge in [-0.1, -0.05) is 6.92 Å². The first-order valence-corrected chi connectivity index (χ1v) is 6.98. The first-order valence-electron chi connectivity index (χ1n) is 5.93. The molecule has 6 nitrogen and oxygen atoms in total. The second-order valence-electron chi connectivity index (χ2n) is 4.15. The number of hydrogen-bond acceptors (Lipinski definition) is 5. The smallest absolute Gasteiger partial charge is 0.242 e. The van der Waals surface area contributed by atoms with Crippen LogP contribution < -0.4 is 11.1 Å². The standard InChI is InChI=1S/C11H19N3O3S/c1-3-4-14-9(15)5-8(11(14)17)18-6-7(13-2)10(12)16/h7-8,13H,3-6H2,1-2H3,(H2,12,16)/t7-,8?/m0/s1. The Labute approximate surface area is 111 Å². The van der Waals surface area contributed by atoms with Crippen molar-refractivity contribution in [3.05, 3.63) is 0 Å². The fourth-order valence-corrected chi connectivity index (χ4v) is 3.05. The number of hydrogen-bond donors (Lipinski definition) is 2. The lowest BCUT2D eigenvalue weighted by atomic mass is 10.3. The normalized spacial score (nSPS) is 21.4. The van der Waals surface area contributed by atoms with Gasteiger partial charge in [0.2, 0.25) is 17.7 Å². The van der Waals surface area contributed by atoms with E-state index in [4.69, 9.17) is 5.73 Å². The molecule has 1 heterocycles. The third-order valence-corrected chi connectivity index (χ3v) is 4.10. The largest absolute Gasteiger partial charge is 0.368 e. The summed E-state index contributed by atoms with van der Waals surface area (Å²) in [6.07, 6.45) is 0.980. The van der Waals surface area contributed by atoms with Crippen molar-refractivity contribution in [2.45, 2.75) is 31.1 Å². The maximum Gasteiger partial charge on any atom is 0.242 e. The number of primary amides is 1. The summed E-state index contributed by atoms with van der Waals surface area (Å²) in [5, 5.41) is 2.41. The molecule has 0 aromatic heterocycles. The maximum atomic E-state index is 11.9. The minimum absolute atomic E-state index is 0.126. The van der Waals surface area contributed by atoms with Crippen LogP contribution in [0.2, 0.25) is 0 Å². The van der Waals surface area contributed by atoms with Crippen LogP contribution in [0.4, 0.5) is 0 Å². The summed E-state index contributed by atoms with van der Waals surface area (Å²) in [5.74, 6) is -0.326. The van der Waals surface area contributed by atoms with E-state index >= 15 is 0 Å². The summed E-state index contributed by atoms with van der Waals surface area (Å²) >= 11 is 1.31. The molecule has 0 aromatic rings. The molecule has 2 atom stereocenters. The van der Waals surface area contributed by atoms with Gasteiger partial charge in [0.05, 0.1) is 11.3 Å². The number of imide groups is 1. The van der Waals surface area contributed by atoms with Crippen LogP contribution in [0.3, 0.4) is 0 Å². The average Bonchev–Trinajstić information content (AvgIpc) is 2.58. The number of nitrogens with one attached hydrogen (secondary N) is 1. The zero-order valence-corrected chi connectivity index (χ0v) is 11.5. The molecule has 1 unspecified atom stereocenters. The molecule has 102 valence electrons. The van der Waals surface area contributed by atoms with Crippen molar-refractivity contribution in [2.75, 3.05) is 19.3 Å². The van der Waals surface area contributed by atoms with Crippen LogP contribution in [0.1, 0.15) is 19.8 Å². The molecule has 0 radical (unpaired) electrons. The van der Waals surface area contributed by atoms with Gasteiger partial charge in [0.15, 0.2) is 0 Å². The Hall–Kier alpha value is -1.08. The Balaban J connectivity index is 2.52. The molecule has 0 saturated carbocycles. The fourth-order valence-electron chi connectivity index (χ4n) is 1.76. The second kappa shape index (κ2) is 6.75. The van der Waals surface area contributed by atoms with Crippen LogP contribution in [0, 0.1) is 0 Å². The Bertz CT molecular complexity index is 348. The number of carbonyl (C=O) groups is 3. The van der Waals surface area contributed by atoms with Gasteiger partial charge in [0.1, 0.15) is 0 Å². The van der Waals surface area contributed by atoms with Gasteiger partial charge < -0.3 is 11.1 Å². The number of amides is 3. The van der Waals surface area contributed by atoms with Gasteiger partial charge in [-0.05, 0) is 13.5 Å². The molecule has 18 heavy (non-hydrogen) atoms. The monoisotopic (exact) mass is 273 g/mol. The van der Waals surface area contributed by atoms with Gasteiger partial charge in [0.25, 0.3) is 0 Å². The van der Waals surface area contributed by atoms with Crippen molar-refractivity contribution in [1.82, 2.24) is 10.2 Å². The molecule has 3 amide bonds. The van der Waals surface area contributed by atoms with Crippen LogP contribution in [0.25, 0.3) is 0 Å². The minimum Gasteiger partial charge on any atom is -0.368 e. The van der Waals surface area contributed by atoms with Crippen molar-refractivity contribution in [3.63, 3.8) is 0 Å². The number of likely N-dealkylation sites (N-methyl/N-ethyl adjacent to an activating group) is 1. The summed E-state index contributed by atoms with van der Waals surface area (Å²) in [6, 6.07) is -0.474. The SMILES string of the molecule is CCCN1C(=O)CC(SC[C@H](NC)C(N)=O)C1=O. The van der Waals surface area contributed by atoms with E-state index in [0.717, 1.165) is 6.42 Å². The van der Waals surface area contributed by atoms with Gasteiger partial charge in [-0.2, -0.15) is 0 Å². The molecule has 1 rings (SSSR count). The first-order chi connectivity index (χ1) is 8.51. The van der Waals surface area contributed by atoms with Gasteiger partial charge in [-0.15, -0.1) is 11.8 Å². The Morgan fingerprint density at radius 3 is 2.78 bits per heavy atom. The molecular weight excluding hydrogens is 254 g/mol. The molecule has 0 aromatic carbocycles. The van der Waals surface area contributed by atoms with E-state index in [1.165, 1.54) is 16.7 Å². The van der Waals surface area contributed by atoms with Gasteiger partial charge in [-0.3, -0.25) is 19.3 Å². The molecule has 1 aliphatic heterocycles. The highest BCUT2D eigenvalue weighted by Gasteiger charge is 2.38. The highest BCUT2D eigenvalue weighted by atomic mass is 32.2. The molecule has 1 saturated heterocycles. The van der Waals surface area contributed by atoms with Crippen molar-refractivity contribution < 1.29 is 14.4 Å². The molecule has 1 fully saturated rings. The van der Waals surface area contributed by atoms with Crippen LogP contribution in [0.5, 0.6) is 0 Å². The summed E-state index contributed by atoms with van der Waals surface area (Å²) in [6.45, 7) is 2.39. The predicted molar refractivity (Wildman–Crippen MR) is 69.9 cm³/mol. The van der Waals surface area contributed by atoms with Crippen LogP contribution in [-0.4, -0.2) is 53.3 Å². The van der Waals surface area contributed by atoms with Gasteiger partial charge in [0, 0.05) is 18.7 Å². The fraction of sp³-hybridized carbons (Fsp3) is 0.727. The summed E-state index contributed by atoms with van der Waals surface area (Å²) < 4.78 is 0. The van der Waals surface area contributed by atoms with Crippen molar-refractivity contribution in [2.24, 2.45) is 5.73 Å². The van der Waals surface area contributed by atoms with Crippen LogP contribution in [0.15, 0.2) is 0 Å². The van der Waals surface area contributed by atoms with Gasteiger partial charge >= 0.3 is 0 Å². The second-order valence-corrected chi connectivity index (χ2v) is 5.39. The van der Waals surface area contributed by atoms with Crippen LogP contribution >= 0.6 is 11.8 Å². The van der Waals surface area contributed by atoms with E-state index in [0.29, 0.717) is 12.3 Å². The molecule has 7 heteroatoms. The zero-order chi connectivity index (χ0) is 13.7. The highest BCUT2D eigenvalue weighted by Crippen LogP contribution is 2.25. The zero-order valence-electron chi connectivity index (χ0n) is 10.6. The molecule has 1 aliphatic rings. The third kappa shape index (κ3) is 3.46. The lowest BCUT2D eigenvalue weighted by Gasteiger charge is -2.15. The molecule has 0 bridgehead atoms. The Kier molecular flexibility index (Phi) is 5.61. The average molecular weight is 273 g/mol. The van der Waals surface area contributed by atoms with Crippen molar-refractivity contribution in [1.29, 1.82) is 0 Å². The summed E-state index contributed by atoms with van der Waals surface area (Å²) in [7, 11) is 1.64. The summed E-state index contributed by atoms with van der Waals surface area (Å²) in [4.78, 5) is 35.9. The lowest BCUT2D eigenvalue weighted by molar-refractivity contribution is -0.138. The molecule has 0 aliphatic carbocycles. The van der Waals surface area contributed by atoms with Crippen molar-refractivity contribution >= 4 is 29.5 Å². The van der Waals surface area contributed by atoms with E-state index in [9.17, 15) is 14.4 Å². The number of thioether (sulfide) groups is 1. The topological polar surface area (TPSA) is 92.5 Å². The third-order valence-electron chi connectivity index (χ3n) is 2.81. The number of nitrogens with two attached hydrogens (primary N) is 1. The molecule has 0 spiro atoms. The lowest BCUT2D eigenvalue weighted by Crippen LogP contribution is -2.41. The predicted octanol–water partition coefficient (Wildman–Crippen LogP) is -0.670.